The summed E-state index contributed by atoms with van der Waals surface area (Å²) in [7, 11) is 2.65. The van der Waals surface area contributed by atoms with Crippen molar-refractivity contribution in [2.45, 2.75) is 15.5 Å². The van der Waals surface area contributed by atoms with Gasteiger partial charge in [0.05, 0.1) is 27.6 Å². The highest BCUT2D eigenvalue weighted by Crippen LogP contribution is 2.75. The molecule has 3 aliphatic rings. The van der Waals surface area contributed by atoms with Gasteiger partial charge >= 0.3 is 0 Å². The van der Waals surface area contributed by atoms with E-state index in [2.05, 4.69) is 0 Å². The highest BCUT2D eigenvalue weighted by Gasteiger charge is 2.89. The van der Waals surface area contributed by atoms with Crippen LogP contribution in [0, 0.1) is 11.8 Å². The Morgan fingerprint density at radius 1 is 0.750 bits per heavy atom. The van der Waals surface area contributed by atoms with E-state index in [-0.39, 0.29) is 10.1 Å². The van der Waals surface area contributed by atoms with E-state index in [1.165, 1.54) is 14.2 Å². The summed E-state index contributed by atoms with van der Waals surface area (Å²) in [6.45, 7) is 0. The van der Waals surface area contributed by atoms with Crippen molar-refractivity contribution in [2.24, 2.45) is 11.8 Å². The van der Waals surface area contributed by atoms with Crippen LogP contribution in [0.2, 0.25) is 0 Å². The fourth-order valence-electron chi connectivity index (χ4n) is 5.39. The molecule has 2 fully saturated rings. The summed E-state index contributed by atoms with van der Waals surface area (Å²) in [5.74, 6) is -5.09. The monoisotopic (exact) mass is 511 g/mol. The Morgan fingerprint density at radius 3 is 1.62 bits per heavy atom. The predicted octanol–water partition coefficient (Wildman–Crippen LogP) is 5.12. The van der Waals surface area contributed by atoms with Crippen molar-refractivity contribution in [1.29, 1.82) is 0 Å². The van der Waals surface area contributed by atoms with E-state index in [4.69, 9.17) is 55.9 Å². The largest absolute Gasteiger partial charge is 0.350 e. The van der Waals surface area contributed by atoms with Gasteiger partial charge in [0.15, 0.2) is 0 Å². The molecule has 0 unspecified atom stereocenters. The van der Waals surface area contributed by atoms with Crippen LogP contribution in [0.4, 0.5) is 5.69 Å². The molecule has 2 amide bonds. The van der Waals surface area contributed by atoms with Crippen LogP contribution in [0.1, 0.15) is 0 Å². The van der Waals surface area contributed by atoms with Gasteiger partial charge in [0.25, 0.3) is 0 Å². The number of nitrogens with zero attached hydrogens (tertiary/aromatic N) is 1. The normalized spacial score (nSPS) is 32.8. The third-order valence-corrected chi connectivity index (χ3v) is 9.37. The highest BCUT2D eigenvalue weighted by molar-refractivity contribution is 6.54. The van der Waals surface area contributed by atoms with Gasteiger partial charge < -0.3 is 9.47 Å². The van der Waals surface area contributed by atoms with Crippen molar-refractivity contribution in [3.8, 4) is 11.1 Å². The molecule has 2 bridgehead atoms. The summed E-state index contributed by atoms with van der Waals surface area (Å²) in [5, 5.41) is -0.105. The molecule has 4 atom stereocenters. The molecule has 9 heteroatoms. The lowest BCUT2D eigenvalue weighted by Crippen LogP contribution is -2.60. The first kappa shape index (κ1) is 22.2. The number of alkyl halides is 2. The maximum Gasteiger partial charge on any atom is 0.240 e. The molecule has 5 nitrogen and oxygen atoms in total. The maximum absolute atomic E-state index is 13.6. The van der Waals surface area contributed by atoms with Gasteiger partial charge in [-0.2, -0.15) is 0 Å². The fraction of sp³-hybridized carbons (Fsp3) is 0.304. The number of halogens is 4. The summed E-state index contributed by atoms with van der Waals surface area (Å²) in [6, 6.07) is 16.9. The van der Waals surface area contributed by atoms with Gasteiger partial charge in [-0.05, 0) is 23.3 Å². The number of ether oxygens (including phenoxy) is 2. The number of hydrogen-bond acceptors (Lipinski definition) is 4. The number of methoxy groups -OCH3 is 2. The Bertz CT molecular complexity index is 1120. The first-order chi connectivity index (χ1) is 15.2. The molecule has 0 radical (unpaired) electrons. The molecule has 1 saturated carbocycles. The van der Waals surface area contributed by atoms with Crippen LogP contribution in [-0.2, 0) is 19.1 Å². The van der Waals surface area contributed by atoms with Crippen LogP contribution in [0.15, 0.2) is 64.7 Å². The minimum atomic E-state index is -1.79. The number of carbonyl (C=O) groups excluding carboxylic acids is 2. The van der Waals surface area contributed by atoms with Gasteiger partial charge in [-0.3, -0.25) is 9.59 Å². The first-order valence-corrected chi connectivity index (χ1v) is 11.3. The second-order valence-corrected chi connectivity index (χ2v) is 9.90. The van der Waals surface area contributed by atoms with E-state index in [1.54, 1.807) is 12.1 Å². The molecule has 0 aromatic heterocycles. The molecule has 0 spiro atoms. The average molecular weight is 513 g/mol. The smallest absolute Gasteiger partial charge is 0.240 e. The van der Waals surface area contributed by atoms with Crippen molar-refractivity contribution >= 4 is 63.9 Å². The Kier molecular flexibility index (Phi) is 4.99. The van der Waals surface area contributed by atoms with E-state index >= 15 is 0 Å². The molecule has 2 aromatic rings. The lowest BCUT2D eigenvalue weighted by molar-refractivity contribution is -0.221. The number of benzene rings is 2. The number of anilines is 1. The van der Waals surface area contributed by atoms with Crippen molar-refractivity contribution in [2.75, 3.05) is 19.1 Å². The predicted molar refractivity (Wildman–Crippen MR) is 124 cm³/mol. The number of amides is 2. The molecular weight excluding hydrogens is 496 g/mol. The minimum Gasteiger partial charge on any atom is -0.350 e. The number of fused-ring (bicyclic) bond motifs is 5. The van der Waals surface area contributed by atoms with Crippen molar-refractivity contribution < 1.29 is 19.1 Å². The average Bonchev–Trinajstić information content (AvgIpc) is 3.24. The molecule has 1 aliphatic heterocycles. The van der Waals surface area contributed by atoms with E-state index < -0.39 is 39.2 Å². The third kappa shape index (κ3) is 2.29. The van der Waals surface area contributed by atoms with E-state index in [9.17, 15) is 9.59 Å². The molecule has 2 aromatic carbocycles. The Labute approximate surface area is 204 Å². The van der Waals surface area contributed by atoms with Crippen LogP contribution in [0.5, 0.6) is 0 Å². The standard InChI is InChI=1S/C23H17Cl4NO4/c1-31-23(32-2)21(26)15-16(22(23,27)18(25)17(21)24)20(30)28(19(15)29)14-10-8-13(9-11-14)12-6-4-3-5-7-12/h3-11,15-16H,1-2H3/t15-,16-,21-,22-/m0/s1. The second-order valence-electron chi connectivity index (χ2n) is 7.96. The highest BCUT2D eigenvalue weighted by atomic mass is 35.5. The van der Waals surface area contributed by atoms with Gasteiger partial charge in [-0.15, -0.1) is 23.2 Å². The molecule has 166 valence electrons. The van der Waals surface area contributed by atoms with E-state index in [1.807, 2.05) is 42.5 Å². The summed E-state index contributed by atoms with van der Waals surface area (Å²) in [5.41, 5.74) is 2.36. The van der Waals surface area contributed by atoms with Crippen LogP contribution in [-0.4, -0.2) is 41.6 Å². The van der Waals surface area contributed by atoms with Crippen LogP contribution >= 0.6 is 46.4 Å². The lowest BCUT2D eigenvalue weighted by Gasteiger charge is -2.42. The Morgan fingerprint density at radius 2 is 1.19 bits per heavy atom. The van der Waals surface area contributed by atoms with Crippen LogP contribution in [0.25, 0.3) is 11.1 Å². The molecule has 1 heterocycles. The molecule has 0 N–H and O–H groups in total. The van der Waals surface area contributed by atoms with E-state index in [0.717, 1.165) is 16.0 Å². The van der Waals surface area contributed by atoms with Gasteiger partial charge in [0.1, 0.15) is 9.75 Å². The van der Waals surface area contributed by atoms with Gasteiger partial charge in [0, 0.05) is 14.2 Å². The third-order valence-electron chi connectivity index (χ3n) is 6.76. The van der Waals surface area contributed by atoms with Crippen LogP contribution in [0.3, 0.4) is 0 Å². The Balaban J connectivity index is 1.59. The van der Waals surface area contributed by atoms with Crippen LogP contribution < -0.4 is 4.90 Å². The quantitative estimate of drug-likeness (QED) is 0.324. The number of carbonyl (C=O) groups is 2. The second kappa shape index (κ2) is 7.20. The maximum atomic E-state index is 13.6. The van der Waals surface area contributed by atoms with Gasteiger partial charge in [-0.1, -0.05) is 65.7 Å². The summed E-state index contributed by atoms with van der Waals surface area (Å²) >= 11 is 26.9. The fourth-order valence-corrected chi connectivity index (χ4v) is 7.55. The summed E-state index contributed by atoms with van der Waals surface area (Å²) in [4.78, 5) is 24.8. The molecular formula is C23H17Cl4NO4. The van der Waals surface area contributed by atoms with Crippen molar-refractivity contribution in [1.82, 2.24) is 0 Å². The zero-order valence-electron chi connectivity index (χ0n) is 16.9. The summed E-state index contributed by atoms with van der Waals surface area (Å²) < 4.78 is 11.2. The number of imide groups is 1. The zero-order chi connectivity index (χ0) is 23.1. The number of rotatable bonds is 4. The molecule has 32 heavy (non-hydrogen) atoms. The summed E-state index contributed by atoms with van der Waals surface area (Å²) in [6.07, 6.45) is 0. The molecule has 1 saturated heterocycles. The lowest BCUT2D eigenvalue weighted by atomic mass is 9.84. The Hall–Kier alpha value is -1.60. The van der Waals surface area contributed by atoms with Crippen molar-refractivity contribution in [3.05, 3.63) is 64.7 Å². The zero-order valence-corrected chi connectivity index (χ0v) is 20.0. The van der Waals surface area contributed by atoms with Gasteiger partial charge in [0.2, 0.25) is 17.6 Å². The van der Waals surface area contributed by atoms with Gasteiger partial charge in [-0.25, -0.2) is 4.90 Å². The molecule has 2 aliphatic carbocycles. The topological polar surface area (TPSA) is 55.8 Å². The van der Waals surface area contributed by atoms with Crippen molar-refractivity contribution in [3.63, 3.8) is 0 Å². The minimum absolute atomic E-state index is 0.0526. The first-order valence-electron chi connectivity index (χ1n) is 9.78. The molecule has 5 rings (SSSR count). The van der Waals surface area contributed by atoms with E-state index in [0.29, 0.717) is 5.69 Å². The number of hydrogen-bond donors (Lipinski definition) is 0. The SMILES string of the molecule is COC1(OC)[C@@]2(Cl)C(Cl)=C(Cl)[C@@]1(Cl)[C@@H]1C(=O)N(c3ccc(-c4ccccc4)cc3)C(=O)[C@H]12.